The van der Waals surface area contributed by atoms with E-state index in [2.05, 4.69) is 25.6 Å². The summed E-state index contributed by atoms with van der Waals surface area (Å²) in [6.45, 7) is 1.62. The van der Waals surface area contributed by atoms with Crippen molar-refractivity contribution in [1.82, 2.24) is 15.0 Å². The SMILES string of the molecule is Cc1cc(Nc2nc(N)nc(Nc3ccc(C#N)cc3)n2)c(Cl)cc1F. The number of nitrogen functional groups attached to an aromatic ring is 1. The Bertz CT molecular complexity index is 999. The summed E-state index contributed by atoms with van der Waals surface area (Å²) < 4.78 is 13.5. The van der Waals surface area contributed by atoms with Crippen molar-refractivity contribution < 1.29 is 4.39 Å². The van der Waals surface area contributed by atoms with Gasteiger partial charge in [0.15, 0.2) is 0 Å². The van der Waals surface area contributed by atoms with Gasteiger partial charge in [-0.2, -0.15) is 20.2 Å². The highest BCUT2D eigenvalue weighted by molar-refractivity contribution is 6.33. The molecule has 0 bridgehead atoms. The summed E-state index contributed by atoms with van der Waals surface area (Å²) in [6.07, 6.45) is 0. The largest absolute Gasteiger partial charge is 0.368 e. The number of aromatic nitrogens is 3. The Labute approximate surface area is 153 Å². The maximum atomic E-state index is 13.5. The molecule has 0 aliphatic carbocycles. The lowest BCUT2D eigenvalue weighted by atomic mass is 10.2. The fourth-order valence-electron chi connectivity index (χ4n) is 2.13. The summed E-state index contributed by atoms with van der Waals surface area (Å²) in [4.78, 5) is 12.2. The van der Waals surface area contributed by atoms with Gasteiger partial charge in [-0.25, -0.2) is 4.39 Å². The number of hydrogen-bond acceptors (Lipinski definition) is 7. The third kappa shape index (κ3) is 3.96. The molecule has 7 nitrogen and oxygen atoms in total. The molecule has 130 valence electrons. The van der Waals surface area contributed by atoms with Crippen LogP contribution in [0.15, 0.2) is 36.4 Å². The van der Waals surface area contributed by atoms with E-state index in [1.54, 1.807) is 37.3 Å². The van der Waals surface area contributed by atoms with Crippen molar-refractivity contribution in [3.05, 3.63) is 58.4 Å². The minimum atomic E-state index is -0.404. The molecule has 3 rings (SSSR count). The zero-order valence-electron chi connectivity index (χ0n) is 13.6. The number of nitrogens with one attached hydrogen (secondary N) is 2. The van der Waals surface area contributed by atoms with Gasteiger partial charge >= 0.3 is 0 Å². The molecule has 0 saturated carbocycles. The summed E-state index contributed by atoms with van der Waals surface area (Å²) in [5.74, 6) is -0.0475. The molecule has 0 unspecified atom stereocenters. The number of halogens is 2. The molecule has 1 heterocycles. The van der Waals surface area contributed by atoms with E-state index < -0.39 is 5.82 Å². The normalized spacial score (nSPS) is 10.2. The van der Waals surface area contributed by atoms with Gasteiger partial charge in [0, 0.05) is 5.69 Å². The second-order valence-corrected chi connectivity index (χ2v) is 5.77. The zero-order chi connectivity index (χ0) is 18.7. The van der Waals surface area contributed by atoms with Gasteiger partial charge in [0.05, 0.1) is 22.3 Å². The van der Waals surface area contributed by atoms with Gasteiger partial charge in [-0.05, 0) is 48.9 Å². The predicted molar refractivity (Wildman–Crippen MR) is 98.1 cm³/mol. The van der Waals surface area contributed by atoms with Crippen LogP contribution in [0.1, 0.15) is 11.1 Å². The second-order valence-electron chi connectivity index (χ2n) is 5.36. The van der Waals surface area contributed by atoms with E-state index >= 15 is 0 Å². The lowest BCUT2D eigenvalue weighted by Gasteiger charge is -2.11. The van der Waals surface area contributed by atoms with Crippen LogP contribution in [0.2, 0.25) is 5.02 Å². The number of hydrogen-bond donors (Lipinski definition) is 3. The maximum Gasteiger partial charge on any atom is 0.233 e. The molecule has 9 heteroatoms. The number of nitrogens with zero attached hydrogens (tertiary/aromatic N) is 4. The quantitative estimate of drug-likeness (QED) is 0.638. The molecule has 26 heavy (non-hydrogen) atoms. The van der Waals surface area contributed by atoms with E-state index in [0.717, 1.165) is 0 Å². The summed E-state index contributed by atoms with van der Waals surface area (Å²) in [6, 6.07) is 11.5. The monoisotopic (exact) mass is 369 g/mol. The van der Waals surface area contributed by atoms with Gasteiger partial charge < -0.3 is 16.4 Å². The Morgan fingerprint density at radius 1 is 1.08 bits per heavy atom. The maximum absolute atomic E-state index is 13.5. The number of aryl methyl sites for hydroxylation is 1. The van der Waals surface area contributed by atoms with Crippen molar-refractivity contribution in [2.24, 2.45) is 0 Å². The van der Waals surface area contributed by atoms with Crippen LogP contribution < -0.4 is 16.4 Å². The number of benzene rings is 2. The Hall–Kier alpha value is -3.44. The number of nitriles is 1. The smallest absolute Gasteiger partial charge is 0.233 e. The highest BCUT2D eigenvalue weighted by Gasteiger charge is 2.10. The fraction of sp³-hybridized carbons (Fsp3) is 0.0588. The number of nitrogens with two attached hydrogens (primary N) is 1. The van der Waals surface area contributed by atoms with Crippen LogP contribution in [-0.2, 0) is 0 Å². The molecule has 4 N–H and O–H groups in total. The molecule has 0 aliphatic rings. The van der Waals surface area contributed by atoms with Crippen molar-refractivity contribution in [2.75, 3.05) is 16.4 Å². The standard InChI is InChI=1S/C17H13ClFN7/c1-9-6-14(12(18)7-13(9)19)23-17-25-15(21)24-16(26-17)22-11-4-2-10(8-20)3-5-11/h2-7H,1H3,(H4,21,22,23,24,25,26). The molecule has 0 radical (unpaired) electrons. The van der Waals surface area contributed by atoms with E-state index in [9.17, 15) is 4.39 Å². The number of rotatable bonds is 4. The molecular formula is C17H13ClFN7. The Kier molecular flexibility index (Phi) is 4.82. The highest BCUT2D eigenvalue weighted by Crippen LogP contribution is 2.27. The van der Waals surface area contributed by atoms with Gasteiger partial charge in [-0.3, -0.25) is 0 Å². The molecule has 0 aliphatic heterocycles. The Balaban J connectivity index is 1.85. The highest BCUT2D eigenvalue weighted by atomic mass is 35.5. The average Bonchev–Trinajstić information content (AvgIpc) is 2.60. The first-order valence-corrected chi connectivity index (χ1v) is 7.84. The summed E-state index contributed by atoms with van der Waals surface area (Å²) >= 11 is 6.04. The van der Waals surface area contributed by atoms with E-state index in [0.29, 0.717) is 22.5 Å². The van der Waals surface area contributed by atoms with Crippen LogP contribution in [0.3, 0.4) is 0 Å². The second kappa shape index (κ2) is 7.21. The van der Waals surface area contributed by atoms with Crippen LogP contribution in [0, 0.1) is 24.1 Å². The Morgan fingerprint density at radius 3 is 2.38 bits per heavy atom. The van der Waals surface area contributed by atoms with Crippen LogP contribution in [0.4, 0.5) is 33.6 Å². The van der Waals surface area contributed by atoms with Crippen LogP contribution in [0.25, 0.3) is 0 Å². The molecule has 0 atom stereocenters. The predicted octanol–water partition coefficient (Wildman–Crippen LogP) is 3.91. The summed E-state index contributed by atoms with van der Waals surface area (Å²) in [7, 11) is 0. The first-order chi connectivity index (χ1) is 12.4. The average molecular weight is 370 g/mol. The van der Waals surface area contributed by atoms with E-state index in [-0.39, 0.29) is 22.9 Å². The van der Waals surface area contributed by atoms with E-state index in [1.165, 1.54) is 6.07 Å². The lowest BCUT2D eigenvalue weighted by molar-refractivity contribution is 0.619. The molecule has 0 amide bonds. The van der Waals surface area contributed by atoms with Crippen molar-refractivity contribution in [1.29, 1.82) is 5.26 Å². The molecule has 0 saturated heterocycles. The van der Waals surface area contributed by atoms with Crippen molar-refractivity contribution in [2.45, 2.75) is 6.92 Å². The van der Waals surface area contributed by atoms with E-state index in [4.69, 9.17) is 22.6 Å². The molecule has 2 aromatic carbocycles. The van der Waals surface area contributed by atoms with Crippen LogP contribution in [0.5, 0.6) is 0 Å². The van der Waals surface area contributed by atoms with Gasteiger partial charge in [0.2, 0.25) is 17.8 Å². The Morgan fingerprint density at radius 2 is 1.73 bits per heavy atom. The van der Waals surface area contributed by atoms with Crippen LogP contribution in [-0.4, -0.2) is 15.0 Å². The minimum Gasteiger partial charge on any atom is -0.368 e. The first kappa shape index (κ1) is 17.4. The number of anilines is 5. The zero-order valence-corrected chi connectivity index (χ0v) is 14.3. The molecule has 1 aromatic heterocycles. The third-order valence-electron chi connectivity index (χ3n) is 3.42. The third-order valence-corrected chi connectivity index (χ3v) is 3.73. The summed E-state index contributed by atoms with van der Waals surface area (Å²) in [5, 5.41) is 14.9. The van der Waals surface area contributed by atoms with Gasteiger partial charge in [0.1, 0.15) is 5.82 Å². The molecular weight excluding hydrogens is 357 g/mol. The lowest BCUT2D eigenvalue weighted by Crippen LogP contribution is -2.07. The van der Waals surface area contributed by atoms with E-state index in [1.807, 2.05) is 6.07 Å². The van der Waals surface area contributed by atoms with Crippen molar-refractivity contribution in [3.63, 3.8) is 0 Å². The van der Waals surface area contributed by atoms with Gasteiger partial charge in [0.25, 0.3) is 0 Å². The van der Waals surface area contributed by atoms with Gasteiger partial charge in [-0.1, -0.05) is 11.6 Å². The van der Waals surface area contributed by atoms with Crippen molar-refractivity contribution >= 4 is 40.8 Å². The first-order valence-electron chi connectivity index (χ1n) is 7.46. The summed E-state index contributed by atoms with van der Waals surface area (Å²) in [5.41, 5.74) is 7.81. The molecule has 0 fully saturated rings. The molecule has 3 aromatic rings. The molecule has 0 spiro atoms. The van der Waals surface area contributed by atoms with Gasteiger partial charge in [-0.15, -0.1) is 0 Å². The fourth-order valence-corrected chi connectivity index (χ4v) is 2.33. The van der Waals surface area contributed by atoms with Crippen molar-refractivity contribution in [3.8, 4) is 6.07 Å². The topological polar surface area (TPSA) is 113 Å². The van der Waals surface area contributed by atoms with Crippen LogP contribution >= 0.6 is 11.6 Å². The minimum absolute atomic E-state index is 0.00592.